The summed E-state index contributed by atoms with van der Waals surface area (Å²) >= 11 is 0. The number of anilines is 2. The number of nitrogens with one attached hydrogen (secondary N) is 2. The van der Waals surface area contributed by atoms with Gasteiger partial charge in [-0.2, -0.15) is 9.97 Å². The second kappa shape index (κ2) is 8.17. The van der Waals surface area contributed by atoms with Crippen molar-refractivity contribution in [3.63, 3.8) is 0 Å². The van der Waals surface area contributed by atoms with Crippen molar-refractivity contribution >= 4 is 22.9 Å². The van der Waals surface area contributed by atoms with Gasteiger partial charge in [-0.25, -0.2) is 4.98 Å². The molecule has 3 aromatic rings. The minimum absolute atomic E-state index is 0.290. The van der Waals surface area contributed by atoms with Gasteiger partial charge < -0.3 is 15.2 Å². The van der Waals surface area contributed by atoms with Crippen LogP contribution in [0.15, 0.2) is 36.7 Å². The van der Waals surface area contributed by atoms with Gasteiger partial charge in [0.2, 0.25) is 5.95 Å². The van der Waals surface area contributed by atoms with Gasteiger partial charge in [-0.05, 0) is 32.3 Å². The maximum absolute atomic E-state index is 4.75. The quantitative estimate of drug-likeness (QED) is 0.619. The van der Waals surface area contributed by atoms with Crippen molar-refractivity contribution in [1.29, 1.82) is 0 Å². The molecule has 0 unspecified atom stereocenters. The van der Waals surface area contributed by atoms with Crippen molar-refractivity contribution in [3.8, 4) is 0 Å². The summed E-state index contributed by atoms with van der Waals surface area (Å²) < 4.78 is 2.09. The summed E-state index contributed by atoms with van der Waals surface area (Å²) in [5.74, 6) is 1.43. The van der Waals surface area contributed by atoms with Gasteiger partial charge in [-0.3, -0.25) is 0 Å². The van der Waals surface area contributed by atoms with E-state index in [0.717, 1.165) is 29.8 Å². The molecule has 6 heteroatoms. The summed E-state index contributed by atoms with van der Waals surface area (Å²) in [5, 5.41) is 6.90. The lowest BCUT2D eigenvalue weighted by molar-refractivity contribution is 0.612. The van der Waals surface area contributed by atoms with Crippen molar-refractivity contribution in [3.05, 3.63) is 42.2 Å². The first-order valence-corrected chi connectivity index (χ1v) is 9.41. The van der Waals surface area contributed by atoms with E-state index in [0.29, 0.717) is 18.5 Å². The predicted molar refractivity (Wildman–Crippen MR) is 107 cm³/mol. The Bertz CT molecular complexity index is 836. The molecule has 0 radical (unpaired) electrons. The van der Waals surface area contributed by atoms with E-state index in [2.05, 4.69) is 60.0 Å². The smallest absolute Gasteiger partial charge is 0.227 e. The highest BCUT2D eigenvalue weighted by molar-refractivity contribution is 5.84. The van der Waals surface area contributed by atoms with E-state index >= 15 is 0 Å². The Morgan fingerprint density at radius 1 is 1.04 bits per heavy atom. The maximum Gasteiger partial charge on any atom is 0.227 e. The average Bonchev–Trinajstić information content (AvgIpc) is 3.09. The van der Waals surface area contributed by atoms with E-state index in [9.17, 15) is 0 Å². The van der Waals surface area contributed by atoms with Crippen molar-refractivity contribution in [1.82, 2.24) is 19.5 Å². The molecule has 0 fully saturated rings. The molecule has 0 aliphatic heterocycles. The molecule has 0 atom stereocenters. The fraction of sp³-hybridized carbons (Fsp3) is 0.450. The fourth-order valence-corrected chi connectivity index (χ4v) is 2.94. The Kier molecular flexibility index (Phi) is 5.71. The first kappa shape index (κ1) is 18.2. The molecule has 0 bridgehead atoms. The number of imidazole rings is 1. The summed E-state index contributed by atoms with van der Waals surface area (Å²) in [6, 6.07) is 11.0. The third kappa shape index (κ3) is 3.95. The summed E-state index contributed by atoms with van der Waals surface area (Å²) in [6.45, 7) is 9.31. The van der Waals surface area contributed by atoms with Crippen LogP contribution in [0.1, 0.15) is 52.1 Å². The molecule has 2 heterocycles. The van der Waals surface area contributed by atoms with Gasteiger partial charge in [0.05, 0.1) is 6.33 Å². The number of hydrogen-bond donors (Lipinski definition) is 2. The fourth-order valence-electron chi connectivity index (χ4n) is 2.94. The van der Waals surface area contributed by atoms with E-state index in [1.54, 1.807) is 0 Å². The minimum atomic E-state index is 0.290. The molecule has 26 heavy (non-hydrogen) atoms. The zero-order valence-electron chi connectivity index (χ0n) is 16.0. The van der Waals surface area contributed by atoms with Crippen LogP contribution in [0, 0.1) is 0 Å². The zero-order chi connectivity index (χ0) is 18.5. The molecule has 2 N–H and O–H groups in total. The lowest BCUT2D eigenvalue weighted by Crippen LogP contribution is -2.19. The Morgan fingerprint density at radius 2 is 1.77 bits per heavy atom. The lowest BCUT2D eigenvalue weighted by Gasteiger charge is -2.16. The van der Waals surface area contributed by atoms with Crippen LogP contribution in [-0.2, 0) is 6.54 Å². The second-order valence-electron chi connectivity index (χ2n) is 6.81. The SMILES string of the molecule is CCC(CC)Nc1nc(NCc2ccccc2)c2ncn(C(C)C)c2n1. The van der Waals surface area contributed by atoms with Gasteiger partial charge in [0.25, 0.3) is 0 Å². The van der Waals surface area contributed by atoms with Gasteiger partial charge >= 0.3 is 0 Å². The Hall–Kier alpha value is -2.63. The van der Waals surface area contributed by atoms with Crippen molar-refractivity contribution in [2.75, 3.05) is 10.6 Å². The lowest BCUT2D eigenvalue weighted by atomic mass is 10.2. The molecule has 0 aliphatic rings. The van der Waals surface area contributed by atoms with Crippen molar-refractivity contribution in [2.45, 2.75) is 59.2 Å². The molecule has 0 amide bonds. The Labute approximate surface area is 155 Å². The summed E-state index contributed by atoms with van der Waals surface area (Å²) in [7, 11) is 0. The third-order valence-corrected chi connectivity index (χ3v) is 4.60. The van der Waals surface area contributed by atoms with Gasteiger partial charge in [0.1, 0.15) is 0 Å². The molecule has 1 aromatic carbocycles. The van der Waals surface area contributed by atoms with Crippen LogP contribution >= 0.6 is 0 Å². The molecule has 3 rings (SSSR count). The number of rotatable bonds is 8. The summed E-state index contributed by atoms with van der Waals surface area (Å²) in [5.41, 5.74) is 2.88. The van der Waals surface area contributed by atoms with Crippen LogP contribution in [0.2, 0.25) is 0 Å². The van der Waals surface area contributed by atoms with Crippen LogP contribution in [-0.4, -0.2) is 25.6 Å². The topological polar surface area (TPSA) is 67.7 Å². The highest BCUT2D eigenvalue weighted by Crippen LogP contribution is 2.24. The first-order chi connectivity index (χ1) is 12.6. The van der Waals surface area contributed by atoms with Crippen molar-refractivity contribution < 1.29 is 0 Å². The molecule has 138 valence electrons. The third-order valence-electron chi connectivity index (χ3n) is 4.60. The zero-order valence-corrected chi connectivity index (χ0v) is 16.0. The van der Waals surface area contributed by atoms with E-state index in [1.165, 1.54) is 5.56 Å². The number of nitrogens with zero attached hydrogens (tertiary/aromatic N) is 4. The van der Waals surface area contributed by atoms with Crippen LogP contribution in [0.4, 0.5) is 11.8 Å². The predicted octanol–water partition coefficient (Wildman–Crippen LogP) is 4.62. The van der Waals surface area contributed by atoms with Gasteiger partial charge in [0.15, 0.2) is 17.0 Å². The second-order valence-corrected chi connectivity index (χ2v) is 6.81. The van der Waals surface area contributed by atoms with Crippen LogP contribution in [0.25, 0.3) is 11.2 Å². The van der Waals surface area contributed by atoms with E-state index < -0.39 is 0 Å². The van der Waals surface area contributed by atoms with Gasteiger partial charge in [-0.1, -0.05) is 44.2 Å². The average molecular weight is 352 g/mol. The van der Waals surface area contributed by atoms with Crippen LogP contribution in [0.3, 0.4) is 0 Å². The molecule has 6 nitrogen and oxygen atoms in total. The summed E-state index contributed by atoms with van der Waals surface area (Å²) in [6.07, 6.45) is 3.92. The minimum Gasteiger partial charge on any atom is -0.364 e. The van der Waals surface area contributed by atoms with E-state index in [-0.39, 0.29) is 6.04 Å². The van der Waals surface area contributed by atoms with Gasteiger partial charge in [-0.15, -0.1) is 0 Å². The van der Waals surface area contributed by atoms with E-state index in [1.807, 2.05) is 24.5 Å². The van der Waals surface area contributed by atoms with Crippen molar-refractivity contribution in [2.24, 2.45) is 0 Å². The molecular weight excluding hydrogens is 324 g/mol. The van der Waals surface area contributed by atoms with Crippen LogP contribution in [0.5, 0.6) is 0 Å². The Morgan fingerprint density at radius 3 is 2.42 bits per heavy atom. The molecule has 0 spiro atoms. The number of benzene rings is 1. The molecule has 2 aromatic heterocycles. The largest absolute Gasteiger partial charge is 0.364 e. The molecular formula is C20H28N6. The normalized spacial score (nSPS) is 11.5. The van der Waals surface area contributed by atoms with Gasteiger partial charge in [0, 0.05) is 18.6 Å². The first-order valence-electron chi connectivity index (χ1n) is 9.41. The summed E-state index contributed by atoms with van der Waals surface area (Å²) in [4.78, 5) is 14.0. The van der Waals surface area contributed by atoms with E-state index in [4.69, 9.17) is 9.97 Å². The van der Waals surface area contributed by atoms with Crippen LogP contribution < -0.4 is 10.6 Å². The Balaban J connectivity index is 1.96. The molecule has 0 saturated heterocycles. The monoisotopic (exact) mass is 352 g/mol. The maximum atomic E-state index is 4.75. The highest BCUT2D eigenvalue weighted by atomic mass is 15.2. The standard InChI is InChI=1S/C20H28N6/c1-5-16(6-2)23-20-24-18(21-12-15-10-8-7-9-11-15)17-19(25-20)26(13-22-17)14(3)4/h7-11,13-14,16H,5-6,12H2,1-4H3,(H2,21,23,24,25). The molecule has 0 aliphatic carbocycles. The number of fused-ring (bicyclic) bond motifs is 1. The number of aromatic nitrogens is 4. The number of hydrogen-bond acceptors (Lipinski definition) is 5. The highest BCUT2D eigenvalue weighted by Gasteiger charge is 2.16. The molecule has 0 saturated carbocycles.